The molecule has 4 nitrogen and oxygen atoms in total. The molecule has 2 aromatic carbocycles. The maximum Gasteiger partial charge on any atom is 0.418 e. The van der Waals surface area contributed by atoms with Crippen molar-refractivity contribution < 1.29 is 22.6 Å². The molecular formula is C25H21F3N2O2. The van der Waals surface area contributed by atoms with E-state index in [2.05, 4.69) is 23.2 Å². The highest BCUT2D eigenvalue weighted by molar-refractivity contribution is 5.70. The van der Waals surface area contributed by atoms with Crippen LogP contribution in [0.5, 0.6) is 11.5 Å². The molecule has 164 valence electrons. The van der Waals surface area contributed by atoms with Crippen molar-refractivity contribution in [2.75, 3.05) is 24.7 Å². The minimum absolute atomic E-state index is 0.0276. The molecule has 0 aliphatic carbocycles. The highest BCUT2D eigenvalue weighted by atomic mass is 19.4. The van der Waals surface area contributed by atoms with Crippen molar-refractivity contribution in [1.82, 2.24) is 4.98 Å². The van der Waals surface area contributed by atoms with Crippen molar-refractivity contribution in [3.8, 4) is 11.5 Å². The monoisotopic (exact) mass is 438 g/mol. The van der Waals surface area contributed by atoms with Gasteiger partial charge in [0.05, 0.1) is 29.8 Å². The Bertz CT molecular complexity index is 1210. The largest absolute Gasteiger partial charge is 0.493 e. The molecule has 1 unspecified atom stereocenters. The first-order valence-electron chi connectivity index (χ1n) is 10.7. The number of halogens is 3. The first-order valence-corrected chi connectivity index (χ1v) is 10.7. The standard InChI is InChI=1S/C25H21F3N2O2/c26-25(27,28)17-7-3-9-29-20(17)13-30-14-24(18-6-1-2-8-21(18)30)15-32-23-11-16-5-4-10-31-22(16)12-19(23)24/h1-3,6-9,11-12H,4-5,10,13-15H2. The molecule has 0 bridgehead atoms. The van der Waals surface area contributed by atoms with E-state index in [-0.39, 0.29) is 12.2 Å². The van der Waals surface area contributed by atoms with Gasteiger partial charge in [-0.05, 0) is 54.3 Å². The third-order valence-electron chi connectivity index (χ3n) is 6.76. The minimum Gasteiger partial charge on any atom is -0.493 e. The Balaban J connectivity index is 1.43. The van der Waals surface area contributed by atoms with Gasteiger partial charge in [0.25, 0.3) is 0 Å². The zero-order chi connectivity index (χ0) is 21.9. The van der Waals surface area contributed by atoms with Crippen LogP contribution in [0.4, 0.5) is 18.9 Å². The molecular weight excluding hydrogens is 417 g/mol. The van der Waals surface area contributed by atoms with Gasteiger partial charge in [0.1, 0.15) is 18.1 Å². The summed E-state index contributed by atoms with van der Waals surface area (Å²) in [5.41, 5.74) is 3.07. The van der Waals surface area contributed by atoms with Crippen LogP contribution < -0.4 is 14.4 Å². The van der Waals surface area contributed by atoms with Crippen molar-refractivity contribution in [3.63, 3.8) is 0 Å². The molecule has 1 aromatic heterocycles. The number of ether oxygens (including phenoxy) is 2. The molecule has 3 aliphatic rings. The fourth-order valence-corrected chi connectivity index (χ4v) is 5.30. The van der Waals surface area contributed by atoms with Crippen molar-refractivity contribution in [2.24, 2.45) is 0 Å². The fraction of sp³-hybridized carbons (Fsp3) is 0.320. The Labute approximate surface area is 183 Å². The van der Waals surface area contributed by atoms with Gasteiger partial charge in [0, 0.05) is 24.0 Å². The summed E-state index contributed by atoms with van der Waals surface area (Å²) in [6, 6.07) is 14.5. The maximum atomic E-state index is 13.6. The van der Waals surface area contributed by atoms with Crippen molar-refractivity contribution in [2.45, 2.75) is 31.0 Å². The van der Waals surface area contributed by atoms with Crippen molar-refractivity contribution >= 4 is 5.69 Å². The summed E-state index contributed by atoms with van der Waals surface area (Å²) in [5, 5.41) is 0. The number of rotatable bonds is 2. The predicted molar refractivity (Wildman–Crippen MR) is 113 cm³/mol. The number of alkyl halides is 3. The number of aryl methyl sites for hydroxylation is 1. The summed E-state index contributed by atoms with van der Waals surface area (Å²) in [4.78, 5) is 6.08. The lowest BCUT2D eigenvalue weighted by atomic mass is 9.77. The van der Waals surface area contributed by atoms with Gasteiger partial charge in [-0.3, -0.25) is 4.98 Å². The van der Waals surface area contributed by atoms with Crippen LogP contribution in [0.1, 0.15) is 34.4 Å². The summed E-state index contributed by atoms with van der Waals surface area (Å²) < 4.78 is 52.8. The second-order valence-electron chi connectivity index (χ2n) is 8.65. The maximum absolute atomic E-state index is 13.6. The molecule has 0 radical (unpaired) electrons. The lowest BCUT2D eigenvalue weighted by Gasteiger charge is -2.26. The minimum atomic E-state index is -4.44. The van der Waals surface area contributed by atoms with Gasteiger partial charge in [-0.2, -0.15) is 13.2 Å². The van der Waals surface area contributed by atoms with E-state index in [1.165, 1.54) is 12.3 Å². The van der Waals surface area contributed by atoms with Crippen LogP contribution in [0.2, 0.25) is 0 Å². The summed E-state index contributed by atoms with van der Waals surface area (Å²) >= 11 is 0. The Morgan fingerprint density at radius 1 is 1.00 bits per heavy atom. The molecule has 3 aliphatic heterocycles. The van der Waals surface area contributed by atoms with Gasteiger partial charge in [-0.1, -0.05) is 18.2 Å². The number of fused-ring (bicyclic) bond motifs is 5. The third kappa shape index (κ3) is 2.87. The van der Waals surface area contributed by atoms with Gasteiger partial charge in [0.15, 0.2) is 0 Å². The number of anilines is 1. The zero-order valence-electron chi connectivity index (χ0n) is 17.3. The number of nitrogens with zero attached hydrogens (tertiary/aromatic N) is 2. The van der Waals surface area contributed by atoms with E-state index in [4.69, 9.17) is 9.47 Å². The smallest absolute Gasteiger partial charge is 0.418 e. The molecule has 0 saturated heterocycles. The number of aromatic nitrogens is 1. The van der Waals surface area contributed by atoms with Crippen molar-refractivity contribution in [1.29, 1.82) is 0 Å². The van der Waals surface area contributed by atoms with Crippen LogP contribution in [0.15, 0.2) is 54.7 Å². The second kappa shape index (κ2) is 6.89. The SMILES string of the molecule is FC(F)(F)c1cccnc1CN1CC2(COc3cc4c(cc32)OCCC4)c2ccccc21. The van der Waals surface area contributed by atoms with E-state index in [0.29, 0.717) is 19.8 Å². The number of benzene rings is 2. The fourth-order valence-electron chi connectivity index (χ4n) is 5.30. The van der Waals surface area contributed by atoms with Gasteiger partial charge in [-0.25, -0.2) is 0 Å². The van der Waals surface area contributed by atoms with E-state index >= 15 is 0 Å². The third-order valence-corrected chi connectivity index (χ3v) is 6.76. The Kier molecular flexibility index (Phi) is 4.19. The topological polar surface area (TPSA) is 34.6 Å². The molecule has 1 spiro atoms. The van der Waals surface area contributed by atoms with E-state index in [9.17, 15) is 13.2 Å². The molecule has 0 N–H and O–H groups in total. The second-order valence-corrected chi connectivity index (χ2v) is 8.65. The number of hydrogen-bond donors (Lipinski definition) is 0. The lowest BCUT2D eigenvalue weighted by Crippen LogP contribution is -2.36. The van der Waals surface area contributed by atoms with Crippen molar-refractivity contribution in [3.05, 3.63) is 82.7 Å². The summed E-state index contributed by atoms with van der Waals surface area (Å²) in [6.45, 7) is 1.74. The molecule has 1 atom stereocenters. The highest BCUT2D eigenvalue weighted by Gasteiger charge is 2.50. The van der Waals surface area contributed by atoms with Gasteiger partial charge in [0.2, 0.25) is 0 Å². The normalized spacial score (nSPS) is 21.0. The number of hydrogen-bond acceptors (Lipinski definition) is 4. The average molecular weight is 438 g/mol. The number of para-hydroxylation sites is 1. The molecule has 3 aromatic rings. The molecule has 0 fully saturated rings. The van der Waals surface area contributed by atoms with Crippen LogP contribution in [-0.4, -0.2) is 24.7 Å². The summed E-state index contributed by atoms with van der Waals surface area (Å²) in [5.74, 6) is 1.74. The first kappa shape index (κ1) is 19.5. The molecule has 6 rings (SSSR count). The van der Waals surface area contributed by atoms with E-state index in [1.807, 2.05) is 23.1 Å². The van der Waals surface area contributed by atoms with Gasteiger partial charge >= 0.3 is 6.18 Å². The van der Waals surface area contributed by atoms with Crippen LogP contribution in [0, 0.1) is 0 Å². The molecule has 0 saturated carbocycles. The van der Waals surface area contributed by atoms with Crippen LogP contribution in [0.3, 0.4) is 0 Å². The van der Waals surface area contributed by atoms with Gasteiger partial charge < -0.3 is 14.4 Å². The molecule has 0 amide bonds. The Morgan fingerprint density at radius 3 is 2.75 bits per heavy atom. The van der Waals surface area contributed by atoms with E-state index < -0.39 is 17.2 Å². The van der Waals surface area contributed by atoms with Crippen LogP contribution >= 0.6 is 0 Å². The Morgan fingerprint density at radius 2 is 1.88 bits per heavy atom. The first-order chi connectivity index (χ1) is 15.5. The van der Waals surface area contributed by atoms with E-state index in [1.54, 1.807) is 0 Å². The van der Waals surface area contributed by atoms with Crippen LogP contribution in [0.25, 0.3) is 0 Å². The predicted octanol–water partition coefficient (Wildman–Crippen LogP) is 5.12. The van der Waals surface area contributed by atoms with Crippen LogP contribution in [-0.2, 0) is 24.6 Å². The lowest BCUT2D eigenvalue weighted by molar-refractivity contribution is -0.138. The molecule has 32 heavy (non-hydrogen) atoms. The highest BCUT2D eigenvalue weighted by Crippen LogP contribution is 2.53. The summed E-state index contributed by atoms with van der Waals surface area (Å²) in [6.07, 6.45) is -1.08. The average Bonchev–Trinajstić information content (AvgIpc) is 3.30. The number of pyridine rings is 1. The zero-order valence-corrected chi connectivity index (χ0v) is 17.3. The Hall–Kier alpha value is -3.22. The molecule has 7 heteroatoms. The van der Waals surface area contributed by atoms with E-state index in [0.717, 1.165) is 52.8 Å². The quantitative estimate of drug-likeness (QED) is 0.556. The summed E-state index contributed by atoms with van der Waals surface area (Å²) in [7, 11) is 0. The molecule has 4 heterocycles. The van der Waals surface area contributed by atoms with Gasteiger partial charge in [-0.15, -0.1) is 0 Å².